The van der Waals surface area contributed by atoms with Gasteiger partial charge in [-0.1, -0.05) is 30.3 Å². The lowest BCUT2D eigenvalue weighted by atomic mass is 9.95. The van der Waals surface area contributed by atoms with Gasteiger partial charge in [0.1, 0.15) is 0 Å². The first-order valence-electron chi connectivity index (χ1n) is 7.32. The molecule has 2 heterocycles. The third kappa shape index (κ3) is 3.43. The highest BCUT2D eigenvalue weighted by atomic mass is 35.5. The Kier molecular flexibility index (Phi) is 5.58. The summed E-state index contributed by atoms with van der Waals surface area (Å²) in [6.07, 6.45) is 0. The molecule has 1 aromatic heterocycles. The van der Waals surface area contributed by atoms with Gasteiger partial charge in [-0.15, -0.1) is 23.7 Å². The van der Waals surface area contributed by atoms with E-state index in [4.69, 9.17) is 5.73 Å². The minimum Gasteiger partial charge on any atom is -0.336 e. The average Bonchev–Trinajstić information content (AvgIpc) is 3.11. The van der Waals surface area contributed by atoms with E-state index in [1.807, 2.05) is 30.3 Å². The number of amides is 1. The number of thiophene rings is 1. The molecular formula is C16H18ClN3O3S. The van der Waals surface area contributed by atoms with Gasteiger partial charge in [0.25, 0.3) is 11.6 Å². The number of likely N-dealkylation sites (tertiary alicyclic amines) is 1. The van der Waals surface area contributed by atoms with Gasteiger partial charge in [0.15, 0.2) is 0 Å². The Morgan fingerprint density at radius 3 is 2.58 bits per heavy atom. The van der Waals surface area contributed by atoms with Crippen LogP contribution in [0.3, 0.4) is 0 Å². The van der Waals surface area contributed by atoms with Crippen LogP contribution >= 0.6 is 23.7 Å². The first-order chi connectivity index (χ1) is 11.0. The molecule has 1 aliphatic heterocycles. The standard InChI is InChI=1S/C16H17N3O3S.ClH/c1-10-14(19(21)22)7-15(23-10)16(20)18-8-12(13(17)9-18)11-5-3-2-4-6-11;/h2-7,12-13H,8-9,17H2,1H3;1H/t12-,13+;/m0./s1. The van der Waals surface area contributed by atoms with E-state index >= 15 is 0 Å². The second-order valence-corrected chi connectivity index (χ2v) is 6.96. The minimum atomic E-state index is -0.453. The fourth-order valence-corrected chi connectivity index (χ4v) is 3.92. The molecule has 24 heavy (non-hydrogen) atoms. The summed E-state index contributed by atoms with van der Waals surface area (Å²) in [5.41, 5.74) is 7.32. The summed E-state index contributed by atoms with van der Waals surface area (Å²) in [6.45, 7) is 2.65. The number of benzene rings is 1. The van der Waals surface area contributed by atoms with Gasteiger partial charge in [-0.2, -0.15) is 0 Å². The number of nitro groups is 1. The predicted molar refractivity (Wildman–Crippen MR) is 96.0 cm³/mol. The van der Waals surface area contributed by atoms with Crippen LogP contribution in [-0.2, 0) is 0 Å². The van der Waals surface area contributed by atoms with Crippen molar-refractivity contribution in [2.24, 2.45) is 5.73 Å². The van der Waals surface area contributed by atoms with Crippen LogP contribution in [0.5, 0.6) is 0 Å². The molecule has 0 spiro atoms. The third-order valence-corrected chi connectivity index (χ3v) is 5.21. The third-order valence-electron chi connectivity index (χ3n) is 4.18. The molecule has 0 bridgehead atoms. The number of hydrogen-bond acceptors (Lipinski definition) is 5. The zero-order valence-electron chi connectivity index (χ0n) is 13.0. The second kappa shape index (κ2) is 7.29. The van der Waals surface area contributed by atoms with Crippen molar-refractivity contribution in [3.63, 3.8) is 0 Å². The Hall–Kier alpha value is -1.96. The second-order valence-electron chi connectivity index (χ2n) is 5.70. The van der Waals surface area contributed by atoms with Crippen molar-refractivity contribution in [3.05, 3.63) is 61.8 Å². The number of nitrogens with two attached hydrogens (primary N) is 1. The zero-order valence-corrected chi connectivity index (χ0v) is 14.7. The minimum absolute atomic E-state index is 0. The lowest BCUT2D eigenvalue weighted by Crippen LogP contribution is -2.31. The van der Waals surface area contributed by atoms with Crippen molar-refractivity contribution in [1.82, 2.24) is 4.90 Å². The lowest BCUT2D eigenvalue weighted by molar-refractivity contribution is -0.385. The number of carbonyl (C=O) groups excluding carboxylic acids is 1. The van der Waals surface area contributed by atoms with Crippen molar-refractivity contribution in [2.45, 2.75) is 18.9 Å². The van der Waals surface area contributed by atoms with Gasteiger partial charge in [0, 0.05) is 31.1 Å². The van der Waals surface area contributed by atoms with E-state index in [-0.39, 0.29) is 36.0 Å². The molecule has 2 atom stereocenters. The van der Waals surface area contributed by atoms with Crippen molar-refractivity contribution < 1.29 is 9.72 Å². The van der Waals surface area contributed by atoms with Gasteiger partial charge in [0.05, 0.1) is 14.7 Å². The molecule has 0 radical (unpaired) electrons. The first-order valence-corrected chi connectivity index (χ1v) is 8.13. The van der Waals surface area contributed by atoms with Crippen LogP contribution in [0, 0.1) is 17.0 Å². The van der Waals surface area contributed by atoms with E-state index in [2.05, 4.69) is 0 Å². The Morgan fingerprint density at radius 1 is 1.33 bits per heavy atom. The molecule has 2 N–H and O–H groups in total. The van der Waals surface area contributed by atoms with Crippen LogP contribution in [0.4, 0.5) is 5.69 Å². The SMILES string of the molecule is Cc1sc(C(=O)N2C[C@@H](N)[C@H](c3ccccc3)C2)cc1[N+](=O)[O-].Cl. The van der Waals surface area contributed by atoms with E-state index in [0.29, 0.717) is 22.8 Å². The highest BCUT2D eigenvalue weighted by molar-refractivity contribution is 7.14. The van der Waals surface area contributed by atoms with E-state index in [0.717, 1.165) is 16.9 Å². The fraction of sp³-hybridized carbons (Fsp3) is 0.312. The number of rotatable bonds is 3. The smallest absolute Gasteiger partial charge is 0.283 e. The van der Waals surface area contributed by atoms with Gasteiger partial charge in [-0.25, -0.2) is 0 Å². The topological polar surface area (TPSA) is 89.5 Å². The van der Waals surface area contributed by atoms with E-state index in [9.17, 15) is 14.9 Å². The summed E-state index contributed by atoms with van der Waals surface area (Å²) in [5.74, 6) is -0.0868. The fourth-order valence-electron chi connectivity index (χ4n) is 2.96. The van der Waals surface area contributed by atoms with Crippen LogP contribution in [0.15, 0.2) is 36.4 Å². The highest BCUT2D eigenvalue weighted by Crippen LogP contribution is 2.32. The summed E-state index contributed by atoms with van der Waals surface area (Å²) in [5, 5.41) is 10.9. The quantitative estimate of drug-likeness (QED) is 0.667. The molecule has 1 aliphatic rings. The molecule has 8 heteroatoms. The molecule has 1 amide bonds. The van der Waals surface area contributed by atoms with Gasteiger partial charge >= 0.3 is 0 Å². The average molecular weight is 368 g/mol. The van der Waals surface area contributed by atoms with Gasteiger partial charge in [-0.05, 0) is 12.5 Å². The van der Waals surface area contributed by atoms with E-state index in [1.165, 1.54) is 6.07 Å². The first kappa shape index (κ1) is 18.4. The molecule has 1 fully saturated rings. The summed E-state index contributed by atoms with van der Waals surface area (Å²) >= 11 is 1.16. The van der Waals surface area contributed by atoms with Gasteiger partial charge < -0.3 is 10.6 Å². The van der Waals surface area contributed by atoms with Crippen LogP contribution in [-0.4, -0.2) is 34.9 Å². The Labute approximate surface area is 149 Å². The number of halogens is 1. The van der Waals surface area contributed by atoms with Crippen LogP contribution in [0.1, 0.15) is 26.0 Å². The number of hydrogen-bond donors (Lipinski definition) is 1. The normalized spacial score (nSPS) is 19.8. The molecule has 3 rings (SSSR count). The molecule has 1 saturated heterocycles. The van der Waals surface area contributed by atoms with E-state index in [1.54, 1.807) is 11.8 Å². The number of aryl methyl sites for hydroxylation is 1. The zero-order chi connectivity index (χ0) is 16.6. The molecule has 2 aromatic rings. The van der Waals surface area contributed by atoms with Crippen LogP contribution < -0.4 is 5.73 Å². The Morgan fingerprint density at radius 2 is 2.00 bits per heavy atom. The maximum Gasteiger partial charge on any atom is 0.283 e. The number of nitrogens with zero attached hydrogens (tertiary/aromatic N) is 2. The van der Waals surface area contributed by atoms with Crippen molar-refractivity contribution in [2.75, 3.05) is 13.1 Å². The van der Waals surface area contributed by atoms with Crippen molar-refractivity contribution in [3.8, 4) is 0 Å². The summed E-state index contributed by atoms with van der Waals surface area (Å²) < 4.78 is 0. The van der Waals surface area contributed by atoms with Crippen molar-refractivity contribution >= 4 is 35.3 Å². The molecule has 128 valence electrons. The predicted octanol–water partition coefficient (Wildman–Crippen LogP) is 2.95. The Bertz CT molecular complexity index is 750. The van der Waals surface area contributed by atoms with Gasteiger partial charge in [0.2, 0.25) is 0 Å². The number of carbonyl (C=O) groups is 1. The highest BCUT2D eigenvalue weighted by Gasteiger charge is 2.35. The molecule has 6 nitrogen and oxygen atoms in total. The molecular weight excluding hydrogens is 350 g/mol. The maximum atomic E-state index is 12.6. The Balaban J connectivity index is 0.00000208. The molecule has 0 saturated carbocycles. The molecule has 0 unspecified atom stereocenters. The largest absolute Gasteiger partial charge is 0.336 e. The summed E-state index contributed by atoms with van der Waals surface area (Å²) in [4.78, 5) is 25.7. The molecule has 1 aromatic carbocycles. The van der Waals surface area contributed by atoms with E-state index < -0.39 is 4.92 Å². The summed E-state index contributed by atoms with van der Waals surface area (Å²) in [6, 6.07) is 11.1. The summed E-state index contributed by atoms with van der Waals surface area (Å²) in [7, 11) is 0. The monoisotopic (exact) mass is 367 g/mol. The lowest BCUT2D eigenvalue weighted by Gasteiger charge is -2.15. The van der Waals surface area contributed by atoms with Gasteiger partial charge in [-0.3, -0.25) is 14.9 Å². The molecule has 0 aliphatic carbocycles. The van der Waals surface area contributed by atoms with Crippen molar-refractivity contribution in [1.29, 1.82) is 0 Å². The van der Waals surface area contributed by atoms with Crippen LogP contribution in [0.25, 0.3) is 0 Å². The van der Waals surface area contributed by atoms with Crippen LogP contribution in [0.2, 0.25) is 0 Å². The maximum absolute atomic E-state index is 12.6.